The first-order valence-corrected chi connectivity index (χ1v) is 10.0. The molecule has 3 nitrogen and oxygen atoms in total. The van der Waals surface area contributed by atoms with Crippen LogP contribution in [0.25, 0.3) is 0 Å². The van der Waals surface area contributed by atoms with Gasteiger partial charge in [0, 0.05) is 29.0 Å². The van der Waals surface area contributed by atoms with Crippen LogP contribution in [0.3, 0.4) is 0 Å². The van der Waals surface area contributed by atoms with E-state index in [1.807, 2.05) is 0 Å². The minimum absolute atomic E-state index is 0.0329. The molecular weight excluding hydrogens is 332 g/mol. The summed E-state index contributed by atoms with van der Waals surface area (Å²) in [5, 5.41) is 19.4. The zero-order chi connectivity index (χ0) is 17.8. The van der Waals surface area contributed by atoms with Crippen molar-refractivity contribution in [3.8, 4) is 0 Å². The van der Waals surface area contributed by atoms with Gasteiger partial charge in [0.15, 0.2) is 0 Å². The molecule has 136 valence electrons. The summed E-state index contributed by atoms with van der Waals surface area (Å²) in [5.41, 5.74) is 4.01. The fourth-order valence-electron chi connectivity index (χ4n) is 3.47. The maximum absolute atomic E-state index is 10.0. The highest BCUT2D eigenvalue weighted by Gasteiger charge is 2.30. The van der Waals surface area contributed by atoms with Gasteiger partial charge in [0.05, 0.1) is 24.9 Å². The molecule has 0 amide bonds. The highest BCUT2D eigenvalue weighted by Crippen LogP contribution is 2.37. The second-order valence-electron chi connectivity index (χ2n) is 7.05. The van der Waals surface area contributed by atoms with E-state index in [0.29, 0.717) is 12.8 Å². The molecule has 3 unspecified atom stereocenters. The van der Waals surface area contributed by atoms with Crippen molar-refractivity contribution in [2.24, 2.45) is 0 Å². The highest BCUT2D eigenvalue weighted by atomic mass is 32.1. The third kappa shape index (κ3) is 4.70. The minimum Gasteiger partial charge on any atom is -0.394 e. The van der Waals surface area contributed by atoms with Crippen LogP contribution in [0.4, 0.5) is 0 Å². The Balaban J connectivity index is 1.71. The molecule has 3 rings (SSSR count). The SMILES string of the molecule is CCCc1ccc(Cc2sc(C3CC(O)CC(CO)O3)cc2C)cc1. The summed E-state index contributed by atoms with van der Waals surface area (Å²) in [5.74, 6) is 0. The maximum Gasteiger partial charge on any atom is 0.0946 e. The Morgan fingerprint density at radius 1 is 1.16 bits per heavy atom. The molecule has 0 saturated carbocycles. The Kier molecular flexibility index (Phi) is 6.29. The first-order valence-electron chi connectivity index (χ1n) is 9.20. The molecular formula is C21H28O3S. The topological polar surface area (TPSA) is 49.7 Å². The normalized spacial score (nSPS) is 23.8. The van der Waals surface area contributed by atoms with E-state index >= 15 is 0 Å². The van der Waals surface area contributed by atoms with Gasteiger partial charge in [-0.25, -0.2) is 0 Å². The second-order valence-corrected chi connectivity index (χ2v) is 8.22. The van der Waals surface area contributed by atoms with Crippen LogP contribution in [0.15, 0.2) is 30.3 Å². The number of aliphatic hydroxyl groups excluding tert-OH is 2. The largest absolute Gasteiger partial charge is 0.394 e. The van der Waals surface area contributed by atoms with Crippen molar-refractivity contribution in [2.45, 2.75) is 64.3 Å². The standard InChI is InChI=1S/C21H28O3S/c1-3-4-15-5-7-16(8-6-15)10-20-14(2)9-21(25-20)19-12-17(23)11-18(13-22)24-19/h5-9,17-19,22-23H,3-4,10-13H2,1-2H3. The molecule has 2 aromatic rings. The van der Waals surface area contributed by atoms with E-state index in [2.05, 4.69) is 44.2 Å². The van der Waals surface area contributed by atoms with Crippen molar-refractivity contribution in [2.75, 3.05) is 6.61 Å². The zero-order valence-electron chi connectivity index (χ0n) is 15.1. The van der Waals surface area contributed by atoms with Crippen molar-refractivity contribution in [1.29, 1.82) is 0 Å². The lowest BCUT2D eigenvalue weighted by Crippen LogP contribution is -2.33. The number of aryl methyl sites for hydroxylation is 2. The van der Waals surface area contributed by atoms with E-state index in [1.165, 1.54) is 28.0 Å². The monoisotopic (exact) mass is 360 g/mol. The van der Waals surface area contributed by atoms with E-state index in [9.17, 15) is 10.2 Å². The molecule has 1 aromatic carbocycles. The Hall–Kier alpha value is -1.20. The molecule has 0 aliphatic carbocycles. The van der Waals surface area contributed by atoms with Gasteiger partial charge >= 0.3 is 0 Å². The third-order valence-corrected chi connectivity index (χ3v) is 6.19. The minimum atomic E-state index is -0.395. The van der Waals surface area contributed by atoms with Crippen LogP contribution in [0.1, 0.15) is 58.7 Å². The first kappa shape index (κ1) is 18.6. The molecule has 1 aromatic heterocycles. The summed E-state index contributed by atoms with van der Waals surface area (Å²) in [6.07, 6.45) is 3.62. The first-order chi connectivity index (χ1) is 12.1. The number of hydrogen-bond donors (Lipinski definition) is 2. The fraction of sp³-hybridized carbons (Fsp3) is 0.524. The van der Waals surface area contributed by atoms with E-state index in [-0.39, 0.29) is 18.8 Å². The lowest BCUT2D eigenvalue weighted by atomic mass is 10.00. The number of thiophene rings is 1. The van der Waals surface area contributed by atoms with E-state index < -0.39 is 6.10 Å². The van der Waals surface area contributed by atoms with Gasteiger partial charge in [-0.1, -0.05) is 37.6 Å². The number of hydrogen-bond acceptors (Lipinski definition) is 4. The molecule has 2 N–H and O–H groups in total. The van der Waals surface area contributed by atoms with Crippen LogP contribution in [-0.2, 0) is 17.6 Å². The summed E-state index contributed by atoms with van der Waals surface area (Å²) in [6.45, 7) is 4.31. The fourth-order valence-corrected chi connectivity index (χ4v) is 4.73. The van der Waals surface area contributed by atoms with Gasteiger partial charge in [-0.05, 0) is 36.1 Å². The quantitative estimate of drug-likeness (QED) is 0.813. The Morgan fingerprint density at radius 3 is 2.56 bits per heavy atom. The van der Waals surface area contributed by atoms with Crippen molar-refractivity contribution in [3.63, 3.8) is 0 Å². The number of rotatable bonds is 6. The van der Waals surface area contributed by atoms with Crippen LogP contribution in [-0.4, -0.2) is 29.0 Å². The van der Waals surface area contributed by atoms with Gasteiger partial charge in [0.25, 0.3) is 0 Å². The zero-order valence-corrected chi connectivity index (χ0v) is 15.9. The van der Waals surface area contributed by atoms with Crippen LogP contribution in [0, 0.1) is 6.92 Å². The average molecular weight is 361 g/mol. The van der Waals surface area contributed by atoms with Crippen LogP contribution in [0.2, 0.25) is 0 Å². The van der Waals surface area contributed by atoms with Gasteiger partial charge in [0.2, 0.25) is 0 Å². The molecule has 25 heavy (non-hydrogen) atoms. The van der Waals surface area contributed by atoms with Gasteiger partial charge in [-0.15, -0.1) is 11.3 Å². The predicted molar refractivity (Wildman–Crippen MR) is 102 cm³/mol. The van der Waals surface area contributed by atoms with Gasteiger partial charge in [-0.3, -0.25) is 0 Å². The van der Waals surface area contributed by atoms with Crippen molar-refractivity contribution in [1.82, 2.24) is 0 Å². The summed E-state index contributed by atoms with van der Waals surface area (Å²) >= 11 is 1.77. The Bertz CT molecular complexity index is 677. The summed E-state index contributed by atoms with van der Waals surface area (Å²) in [6, 6.07) is 11.1. The van der Waals surface area contributed by atoms with Crippen LogP contribution in [0.5, 0.6) is 0 Å². The third-order valence-electron chi connectivity index (χ3n) is 4.86. The van der Waals surface area contributed by atoms with Crippen LogP contribution >= 0.6 is 11.3 Å². The molecule has 4 heteroatoms. The number of benzene rings is 1. The highest BCUT2D eigenvalue weighted by molar-refractivity contribution is 7.12. The molecule has 0 bridgehead atoms. The second kappa shape index (κ2) is 8.45. The van der Waals surface area contributed by atoms with Gasteiger partial charge in [-0.2, -0.15) is 0 Å². The lowest BCUT2D eigenvalue weighted by Gasteiger charge is -2.31. The summed E-state index contributed by atoms with van der Waals surface area (Å²) in [4.78, 5) is 2.51. The van der Waals surface area contributed by atoms with E-state index in [4.69, 9.17) is 4.74 Å². The number of aliphatic hydroxyl groups is 2. The predicted octanol–water partition coefficient (Wildman–Crippen LogP) is 4.17. The molecule has 0 radical (unpaired) electrons. The van der Waals surface area contributed by atoms with Crippen molar-refractivity contribution in [3.05, 3.63) is 56.8 Å². The molecule has 1 saturated heterocycles. The van der Waals surface area contributed by atoms with Crippen molar-refractivity contribution >= 4 is 11.3 Å². The summed E-state index contributed by atoms with van der Waals surface area (Å²) in [7, 11) is 0. The van der Waals surface area contributed by atoms with Gasteiger partial charge < -0.3 is 14.9 Å². The summed E-state index contributed by atoms with van der Waals surface area (Å²) < 4.78 is 5.95. The Morgan fingerprint density at radius 2 is 1.88 bits per heavy atom. The van der Waals surface area contributed by atoms with E-state index in [1.54, 1.807) is 11.3 Å². The maximum atomic E-state index is 10.0. The molecule has 2 heterocycles. The smallest absolute Gasteiger partial charge is 0.0946 e. The van der Waals surface area contributed by atoms with Crippen LogP contribution < -0.4 is 0 Å². The molecule has 0 spiro atoms. The molecule has 1 aliphatic heterocycles. The lowest BCUT2D eigenvalue weighted by molar-refractivity contribution is -0.112. The van der Waals surface area contributed by atoms with E-state index in [0.717, 1.165) is 17.7 Å². The molecule has 1 fully saturated rings. The number of ether oxygens (including phenoxy) is 1. The van der Waals surface area contributed by atoms with Gasteiger partial charge in [0.1, 0.15) is 0 Å². The molecule has 1 aliphatic rings. The molecule has 3 atom stereocenters. The Labute approximate surface area is 154 Å². The van der Waals surface area contributed by atoms with Crippen molar-refractivity contribution < 1.29 is 14.9 Å². The average Bonchev–Trinajstić information content (AvgIpc) is 2.97.